The molecule has 1 aromatic rings. The van der Waals surface area contributed by atoms with Gasteiger partial charge < -0.3 is 10.1 Å². The monoisotopic (exact) mass is 287 g/mol. The number of rotatable bonds is 8. The third kappa shape index (κ3) is 5.57. The molecule has 5 heteroatoms. The first kappa shape index (κ1) is 15.9. The zero-order chi connectivity index (χ0) is 14.1. The molecular formula is C14H19ClFNO2. The van der Waals surface area contributed by atoms with E-state index >= 15 is 0 Å². The molecule has 106 valence electrons. The van der Waals surface area contributed by atoms with E-state index in [1.165, 1.54) is 18.2 Å². The van der Waals surface area contributed by atoms with Crippen LogP contribution in [-0.2, 0) is 4.74 Å². The van der Waals surface area contributed by atoms with Crippen LogP contribution in [0.2, 0.25) is 5.02 Å². The maximum atomic E-state index is 13.4. The quantitative estimate of drug-likeness (QED) is 0.744. The summed E-state index contributed by atoms with van der Waals surface area (Å²) >= 11 is 5.80. The van der Waals surface area contributed by atoms with Crippen molar-refractivity contribution in [2.45, 2.75) is 26.2 Å². The van der Waals surface area contributed by atoms with E-state index in [0.717, 1.165) is 19.4 Å². The number of carbonyl (C=O) groups is 1. The van der Waals surface area contributed by atoms with Crippen molar-refractivity contribution in [2.24, 2.45) is 0 Å². The minimum absolute atomic E-state index is 0.101. The average Bonchev–Trinajstić information content (AvgIpc) is 2.37. The molecule has 0 saturated heterocycles. The summed E-state index contributed by atoms with van der Waals surface area (Å²) in [6.45, 7) is 3.87. The zero-order valence-corrected chi connectivity index (χ0v) is 11.8. The van der Waals surface area contributed by atoms with Crippen LogP contribution in [0, 0.1) is 5.82 Å². The molecule has 0 atom stereocenters. The number of unbranched alkanes of at least 4 members (excludes halogenated alkanes) is 1. The van der Waals surface area contributed by atoms with Gasteiger partial charge in [-0.15, -0.1) is 0 Å². The average molecular weight is 288 g/mol. The Kier molecular flexibility index (Phi) is 7.45. The molecule has 1 amide bonds. The van der Waals surface area contributed by atoms with Gasteiger partial charge in [0, 0.05) is 19.8 Å². The second-order valence-corrected chi connectivity index (χ2v) is 4.58. The number of carbonyl (C=O) groups excluding carboxylic acids is 1. The van der Waals surface area contributed by atoms with Crippen LogP contribution in [0.5, 0.6) is 0 Å². The molecule has 0 aliphatic rings. The van der Waals surface area contributed by atoms with E-state index in [1.54, 1.807) is 0 Å². The standard InChI is InChI=1S/C14H19ClFNO2/c1-2-3-9-19-10-5-8-17-14(18)13-11(15)6-4-7-12(13)16/h4,6-7H,2-3,5,8-10H2,1H3,(H,17,18). The van der Waals surface area contributed by atoms with Gasteiger partial charge in [0.2, 0.25) is 0 Å². The largest absolute Gasteiger partial charge is 0.381 e. The maximum absolute atomic E-state index is 13.4. The molecule has 0 aliphatic carbocycles. The van der Waals surface area contributed by atoms with Crippen molar-refractivity contribution in [1.29, 1.82) is 0 Å². The normalized spacial score (nSPS) is 10.5. The predicted molar refractivity (Wildman–Crippen MR) is 74.1 cm³/mol. The predicted octanol–water partition coefficient (Wildman–Crippen LogP) is 3.42. The van der Waals surface area contributed by atoms with Crippen molar-refractivity contribution in [2.75, 3.05) is 19.8 Å². The first-order valence-corrected chi connectivity index (χ1v) is 6.84. The summed E-state index contributed by atoms with van der Waals surface area (Å²) in [6, 6.07) is 4.18. The number of hydrogen-bond acceptors (Lipinski definition) is 2. The van der Waals surface area contributed by atoms with Gasteiger partial charge in [-0.25, -0.2) is 4.39 Å². The molecule has 3 nitrogen and oxygen atoms in total. The van der Waals surface area contributed by atoms with Gasteiger partial charge in [0.25, 0.3) is 5.91 Å². The van der Waals surface area contributed by atoms with Crippen LogP contribution in [0.1, 0.15) is 36.5 Å². The molecule has 1 rings (SSSR count). The number of halogens is 2. The third-order valence-electron chi connectivity index (χ3n) is 2.58. The fraction of sp³-hybridized carbons (Fsp3) is 0.500. The Morgan fingerprint density at radius 3 is 2.79 bits per heavy atom. The summed E-state index contributed by atoms with van der Waals surface area (Å²) in [6.07, 6.45) is 2.83. The highest BCUT2D eigenvalue weighted by atomic mass is 35.5. The molecule has 0 fully saturated rings. The highest BCUT2D eigenvalue weighted by Gasteiger charge is 2.14. The zero-order valence-electron chi connectivity index (χ0n) is 11.0. The molecule has 1 N–H and O–H groups in total. The SMILES string of the molecule is CCCCOCCCNC(=O)c1c(F)cccc1Cl. The summed E-state index contributed by atoms with van der Waals surface area (Å²) in [7, 11) is 0. The number of hydrogen-bond donors (Lipinski definition) is 1. The smallest absolute Gasteiger partial charge is 0.255 e. The topological polar surface area (TPSA) is 38.3 Å². The first-order chi connectivity index (χ1) is 9.16. The van der Waals surface area contributed by atoms with Gasteiger partial charge in [0.15, 0.2) is 0 Å². The number of nitrogens with one attached hydrogen (secondary N) is 1. The van der Waals surface area contributed by atoms with Crippen molar-refractivity contribution in [3.63, 3.8) is 0 Å². The second-order valence-electron chi connectivity index (χ2n) is 4.17. The molecule has 19 heavy (non-hydrogen) atoms. The number of amides is 1. The van der Waals surface area contributed by atoms with Crippen LogP contribution in [0.3, 0.4) is 0 Å². The lowest BCUT2D eigenvalue weighted by Gasteiger charge is -2.08. The van der Waals surface area contributed by atoms with E-state index in [1.807, 2.05) is 0 Å². The summed E-state index contributed by atoms with van der Waals surface area (Å²) in [5.41, 5.74) is -0.101. The van der Waals surface area contributed by atoms with Crippen molar-refractivity contribution in [1.82, 2.24) is 5.32 Å². The Balaban J connectivity index is 2.28. The van der Waals surface area contributed by atoms with E-state index in [9.17, 15) is 9.18 Å². The van der Waals surface area contributed by atoms with Crippen molar-refractivity contribution in [3.05, 3.63) is 34.6 Å². The Morgan fingerprint density at radius 2 is 2.11 bits per heavy atom. The van der Waals surface area contributed by atoms with E-state index in [4.69, 9.17) is 16.3 Å². The fourth-order valence-electron chi connectivity index (χ4n) is 1.53. The van der Waals surface area contributed by atoms with Crippen LogP contribution in [-0.4, -0.2) is 25.7 Å². The van der Waals surface area contributed by atoms with Gasteiger partial charge in [0.1, 0.15) is 5.82 Å². The van der Waals surface area contributed by atoms with Gasteiger partial charge in [-0.05, 0) is 25.0 Å². The minimum Gasteiger partial charge on any atom is -0.381 e. The molecular weight excluding hydrogens is 269 g/mol. The lowest BCUT2D eigenvalue weighted by molar-refractivity contribution is 0.0936. The van der Waals surface area contributed by atoms with Crippen LogP contribution < -0.4 is 5.32 Å². The van der Waals surface area contributed by atoms with Gasteiger partial charge in [-0.1, -0.05) is 31.0 Å². The molecule has 0 unspecified atom stereocenters. The van der Waals surface area contributed by atoms with E-state index in [2.05, 4.69) is 12.2 Å². The highest BCUT2D eigenvalue weighted by molar-refractivity contribution is 6.33. The van der Waals surface area contributed by atoms with E-state index in [0.29, 0.717) is 19.6 Å². The Bertz CT molecular complexity index is 392. The molecule has 0 bridgehead atoms. The molecule has 0 aromatic heterocycles. The Labute approximate surface area is 118 Å². The van der Waals surface area contributed by atoms with Crippen molar-refractivity contribution >= 4 is 17.5 Å². The molecule has 0 radical (unpaired) electrons. The van der Waals surface area contributed by atoms with Gasteiger partial charge in [-0.2, -0.15) is 0 Å². The molecule has 0 aliphatic heterocycles. The summed E-state index contributed by atoms with van der Waals surface area (Å²) in [5, 5.41) is 2.75. The fourth-order valence-corrected chi connectivity index (χ4v) is 1.78. The van der Waals surface area contributed by atoms with Crippen LogP contribution in [0.15, 0.2) is 18.2 Å². The number of ether oxygens (including phenoxy) is 1. The van der Waals surface area contributed by atoms with Crippen molar-refractivity contribution < 1.29 is 13.9 Å². The van der Waals surface area contributed by atoms with Crippen molar-refractivity contribution in [3.8, 4) is 0 Å². The summed E-state index contributed by atoms with van der Waals surface area (Å²) in [4.78, 5) is 11.7. The molecule has 1 aromatic carbocycles. The third-order valence-corrected chi connectivity index (χ3v) is 2.90. The number of benzene rings is 1. The highest BCUT2D eigenvalue weighted by Crippen LogP contribution is 2.18. The van der Waals surface area contributed by atoms with E-state index < -0.39 is 11.7 Å². The molecule has 0 heterocycles. The van der Waals surface area contributed by atoms with Crippen LogP contribution in [0.4, 0.5) is 4.39 Å². The lowest BCUT2D eigenvalue weighted by Crippen LogP contribution is -2.26. The lowest BCUT2D eigenvalue weighted by atomic mass is 10.2. The Hall–Kier alpha value is -1.13. The summed E-state index contributed by atoms with van der Waals surface area (Å²) in [5.74, 6) is -1.10. The summed E-state index contributed by atoms with van der Waals surface area (Å²) < 4.78 is 18.8. The molecule has 0 saturated carbocycles. The van der Waals surface area contributed by atoms with Gasteiger partial charge in [-0.3, -0.25) is 4.79 Å². The van der Waals surface area contributed by atoms with Crippen LogP contribution in [0.25, 0.3) is 0 Å². The minimum atomic E-state index is -0.607. The van der Waals surface area contributed by atoms with Crippen LogP contribution >= 0.6 is 11.6 Å². The molecule has 0 spiro atoms. The van der Waals surface area contributed by atoms with Gasteiger partial charge in [0.05, 0.1) is 10.6 Å². The Morgan fingerprint density at radius 1 is 1.37 bits per heavy atom. The first-order valence-electron chi connectivity index (χ1n) is 6.46. The second kappa shape index (κ2) is 8.88. The maximum Gasteiger partial charge on any atom is 0.255 e. The van der Waals surface area contributed by atoms with Gasteiger partial charge >= 0.3 is 0 Å². The van der Waals surface area contributed by atoms with E-state index in [-0.39, 0.29) is 10.6 Å².